The quantitative estimate of drug-likeness (QED) is 0.806. The molecule has 0 aliphatic carbocycles. The van der Waals surface area contributed by atoms with Gasteiger partial charge in [0.05, 0.1) is 21.8 Å². The molecule has 2 aromatic rings. The Balaban J connectivity index is 2.27. The maximum absolute atomic E-state index is 12.4. The maximum Gasteiger partial charge on any atom is 0.255 e. The van der Waals surface area contributed by atoms with Crippen molar-refractivity contribution in [1.29, 1.82) is 0 Å². The van der Waals surface area contributed by atoms with Gasteiger partial charge in [-0.15, -0.1) is 0 Å². The van der Waals surface area contributed by atoms with Gasteiger partial charge in [0.2, 0.25) is 0 Å². The van der Waals surface area contributed by atoms with E-state index in [0.29, 0.717) is 12.1 Å². The number of aryl methyl sites for hydroxylation is 1. The number of carbonyl (C=O) groups is 1. The first-order chi connectivity index (χ1) is 9.92. The van der Waals surface area contributed by atoms with Crippen molar-refractivity contribution in [3.05, 3.63) is 41.3 Å². The highest BCUT2D eigenvalue weighted by molar-refractivity contribution is 9.09. The minimum absolute atomic E-state index is 0.00200. The second-order valence-electron chi connectivity index (χ2n) is 5.98. The van der Waals surface area contributed by atoms with Crippen LogP contribution in [0.15, 0.2) is 24.4 Å². The summed E-state index contributed by atoms with van der Waals surface area (Å²) in [5.41, 5.74) is 2.11. The molecule has 110 valence electrons. The Bertz CT molecular complexity index is 693. The molecule has 0 saturated carbocycles. The zero-order chi connectivity index (χ0) is 15.2. The second kappa shape index (κ2) is 4.94. The van der Waals surface area contributed by atoms with Crippen LogP contribution in [-0.4, -0.2) is 27.2 Å². The van der Waals surface area contributed by atoms with Crippen molar-refractivity contribution in [2.24, 2.45) is 5.41 Å². The first-order valence-electron chi connectivity index (χ1n) is 6.85. The number of carbonyl (C=O) groups excluding carboxylic acids is 1. The lowest BCUT2D eigenvalue weighted by molar-refractivity contribution is 0.0944. The largest absolute Gasteiger partial charge is 0.351 e. The molecule has 2 aromatic heterocycles. The van der Waals surface area contributed by atoms with Gasteiger partial charge in [-0.3, -0.25) is 4.79 Å². The Morgan fingerprint density at radius 2 is 2.19 bits per heavy atom. The molecule has 1 N–H and O–H groups in total. The van der Waals surface area contributed by atoms with Gasteiger partial charge in [0.25, 0.3) is 5.91 Å². The predicted octanol–water partition coefficient (Wildman–Crippen LogP) is 2.78. The average molecular weight is 349 g/mol. The maximum atomic E-state index is 12.4. The Morgan fingerprint density at radius 3 is 2.86 bits per heavy atom. The van der Waals surface area contributed by atoms with E-state index in [2.05, 4.69) is 45.2 Å². The van der Waals surface area contributed by atoms with Crippen LogP contribution in [0.25, 0.3) is 5.82 Å². The van der Waals surface area contributed by atoms with Gasteiger partial charge in [0.15, 0.2) is 5.82 Å². The number of pyridine rings is 1. The summed E-state index contributed by atoms with van der Waals surface area (Å²) in [4.78, 5) is 16.8. The molecule has 3 heterocycles. The van der Waals surface area contributed by atoms with Crippen molar-refractivity contribution in [3.63, 3.8) is 0 Å². The van der Waals surface area contributed by atoms with Crippen molar-refractivity contribution >= 4 is 21.8 Å². The minimum atomic E-state index is -0.125. The van der Waals surface area contributed by atoms with Crippen LogP contribution in [0, 0.1) is 12.3 Å². The van der Waals surface area contributed by atoms with Gasteiger partial charge in [0, 0.05) is 18.2 Å². The van der Waals surface area contributed by atoms with E-state index in [-0.39, 0.29) is 16.1 Å². The van der Waals surface area contributed by atoms with Crippen LogP contribution in [0.3, 0.4) is 0 Å². The molecule has 1 unspecified atom stereocenters. The summed E-state index contributed by atoms with van der Waals surface area (Å²) in [6, 6.07) is 5.67. The lowest BCUT2D eigenvalue weighted by Gasteiger charge is -2.28. The summed E-state index contributed by atoms with van der Waals surface area (Å²) in [7, 11) is 0. The Hall–Kier alpha value is -1.69. The Labute approximate surface area is 131 Å². The van der Waals surface area contributed by atoms with Crippen LogP contribution >= 0.6 is 15.9 Å². The van der Waals surface area contributed by atoms with E-state index in [1.165, 1.54) is 0 Å². The SMILES string of the molecule is Cc1nn(-c2ccccn2)c2c1C(=O)NCC(C)(C)C2Br. The molecule has 0 radical (unpaired) electrons. The fraction of sp³-hybridized carbons (Fsp3) is 0.400. The highest BCUT2D eigenvalue weighted by atomic mass is 79.9. The molecular weight excluding hydrogens is 332 g/mol. The van der Waals surface area contributed by atoms with Crippen molar-refractivity contribution in [2.45, 2.75) is 25.6 Å². The van der Waals surface area contributed by atoms with Gasteiger partial charge < -0.3 is 5.32 Å². The van der Waals surface area contributed by atoms with E-state index in [1.807, 2.05) is 25.1 Å². The first-order valence-corrected chi connectivity index (χ1v) is 7.76. The molecule has 0 saturated heterocycles. The van der Waals surface area contributed by atoms with Crippen LogP contribution < -0.4 is 5.32 Å². The molecule has 0 spiro atoms. The van der Waals surface area contributed by atoms with Gasteiger partial charge in [-0.2, -0.15) is 5.10 Å². The molecule has 0 bridgehead atoms. The number of hydrogen-bond acceptors (Lipinski definition) is 3. The van der Waals surface area contributed by atoms with Gasteiger partial charge in [0.1, 0.15) is 0 Å². The van der Waals surface area contributed by atoms with Gasteiger partial charge in [-0.25, -0.2) is 9.67 Å². The summed E-state index contributed by atoms with van der Waals surface area (Å²) < 4.78 is 1.77. The number of halogens is 1. The van der Waals surface area contributed by atoms with E-state index in [9.17, 15) is 4.79 Å². The average Bonchev–Trinajstić information content (AvgIpc) is 2.78. The van der Waals surface area contributed by atoms with Crippen LogP contribution in [-0.2, 0) is 0 Å². The van der Waals surface area contributed by atoms with Crippen molar-refractivity contribution in [1.82, 2.24) is 20.1 Å². The number of nitrogens with zero attached hydrogens (tertiary/aromatic N) is 3. The Kier molecular flexibility index (Phi) is 3.36. The van der Waals surface area contributed by atoms with Crippen LogP contribution in [0.2, 0.25) is 0 Å². The summed E-state index contributed by atoms with van der Waals surface area (Å²) in [6.07, 6.45) is 1.73. The van der Waals surface area contributed by atoms with Crippen LogP contribution in [0.1, 0.15) is 40.4 Å². The van der Waals surface area contributed by atoms with E-state index < -0.39 is 0 Å². The van der Waals surface area contributed by atoms with E-state index in [4.69, 9.17) is 0 Å². The fourth-order valence-electron chi connectivity index (χ4n) is 2.57. The summed E-state index contributed by atoms with van der Waals surface area (Å²) in [6.45, 7) is 6.70. The minimum Gasteiger partial charge on any atom is -0.351 e. The number of hydrogen-bond donors (Lipinski definition) is 1. The second-order valence-corrected chi connectivity index (χ2v) is 6.89. The smallest absolute Gasteiger partial charge is 0.255 e. The zero-order valence-electron chi connectivity index (χ0n) is 12.2. The molecule has 21 heavy (non-hydrogen) atoms. The summed E-state index contributed by atoms with van der Waals surface area (Å²) >= 11 is 3.77. The lowest BCUT2D eigenvalue weighted by atomic mass is 9.87. The van der Waals surface area contributed by atoms with Gasteiger partial charge >= 0.3 is 0 Å². The number of fused-ring (bicyclic) bond motifs is 1. The third kappa shape index (κ3) is 2.27. The zero-order valence-corrected chi connectivity index (χ0v) is 13.8. The first kappa shape index (κ1) is 14.3. The molecule has 6 heteroatoms. The van der Waals surface area contributed by atoms with Crippen molar-refractivity contribution in [3.8, 4) is 5.82 Å². The third-order valence-corrected chi connectivity index (χ3v) is 5.49. The van der Waals surface area contributed by atoms with Crippen LogP contribution in [0.4, 0.5) is 0 Å². The predicted molar refractivity (Wildman–Crippen MR) is 83.9 cm³/mol. The molecule has 1 atom stereocenters. The van der Waals surface area contributed by atoms with E-state index in [0.717, 1.165) is 17.2 Å². The van der Waals surface area contributed by atoms with E-state index >= 15 is 0 Å². The molecule has 3 rings (SSSR count). The lowest BCUT2D eigenvalue weighted by Crippen LogP contribution is -2.33. The fourth-order valence-corrected chi connectivity index (χ4v) is 3.15. The number of rotatable bonds is 1. The molecular formula is C15H17BrN4O. The summed E-state index contributed by atoms with van der Waals surface area (Å²) in [5, 5.41) is 7.52. The standard InChI is InChI=1S/C15H17BrN4O/c1-9-11-12(13(16)15(2,3)8-18-14(11)21)20(19-9)10-6-4-5-7-17-10/h4-7,13H,8H2,1-3H3,(H,18,21). The van der Waals surface area contributed by atoms with Gasteiger partial charge in [-0.1, -0.05) is 35.8 Å². The third-order valence-electron chi connectivity index (χ3n) is 3.82. The molecule has 1 amide bonds. The van der Waals surface area contributed by atoms with Crippen molar-refractivity contribution < 1.29 is 4.79 Å². The summed E-state index contributed by atoms with van der Waals surface area (Å²) in [5.74, 6) is 0.650. The van der Waals surface area contributed by atoms with E-state index in [1.54, 1.807) is 10.9 Å². The molecule has 5 nitrogen and oxygen atoms in total. The monoisotopic (exact) mass is 348 g/mol. The molecule has 1 aliphatic rings. The van der Waals surface area contributed by atoms with Gasteiger partial charge in [-0.05, 0) is 19.1 Å². The molecule has 1 aliphatic heterocycles. The normalized spacial score (nSPS) is 20.6. The molecule has 0 aromatic carbocycles. The number of nitrogens with one attached hydrogen (secondary N) is 1. The van der Waals surface area contributed by atoms with Crippen LogP contribution in [0.5, 0.6) is 0 Å². The number of amides is 1. The highest BCUT2D eigenvalue weighted by Crippen LogP contribution is 2.44. The number of aromatic nitrogens is 3. The van der Waals surface area contributed by atoms with Crippen molar-refractivity contribution in [2.75, 3.05) is 6.54 Å². The Morgan fingerprint density at radius 1 is 1.43 bits per heavy atom. The highest BCUT2D eigenvalue weighted by Gasteiger charge is 2.39. The molecule has 0 fully saturated rings. The number of alkyl halides is 1. The topological polar surface area (TPSA) is 59.8 Å².